The molecule has 126 valence electrons. The van der Waals surface area contributed by atoms with Crippen molar-refractivity contribution in [3.63, 3.8) is 0 Å². The summed E-state index contributed by atoms with van der Waals surface area (Å²) in [5.41, 5.74) is 1.07. The zero-order valence-corrected chi connectivity index (χ0v) is 15.8. The van der Waals surface area contributed by atoms with Crippen molar-refractivity contribution in [2.45, 2.75) is 25.4 Å². The summed E-state index contributed by atoms with van der Waals surface area (Å²) < 4.78 is 1.02. The van der Waals surface area contributed by atoms with E-state index in [0.29, 0.717) is 18.0 Å². The Balaban J connectivity index is 1.68. The average molecular weight is 407 g/mol. The van der Waals surface area contributed by atoms with Crippen LogP contribution in [0.5, 0.6) is 0 Å². The molecule has 0 N–H and O–H groups in total. The van der Waals surface area contributed by atoms with Crippen LogP contribution in [0.2, 0.25) is 0 Å². The Labute approximate surface area is 154 Å². The molecule has 2 amide bonds. The van der Waals surface area contributed by atoms with Crippen molar-refractivity contribution in [3.05, 3.63) is 56.7 Å². The highest BCUT2D eigenvalue weighted by Gasteiger charge is 2.36. The lowest BCUT2D eigenvalue weighted by molar-refractivity contribution is -0.134. The van der Waals surface area contributed by atoms with E-state index >= 15 is 0 Å². The summed E-state index contributed by atoms with van der Waals surface area (Å²) in [6.07, 6.45) is 1.61. The molecule has 6 heteroatoms. The minimum Gasteiger partial charge on any atom is -0.340 e. The van der Waals surface area contributed by atoms with Crippen molar-refractivity contribution >= 4 is 39.1 Å². The largest absolute Gasteiger partial charge is 0.340 e. The Morgan fingerprint density at radius 3 is 2.71 bits per heavy atom. The number of amides is 2. The third-order valence-electron chi connectivity index (χ3n) is 4.24. The van der Waals surface area contributed by atoms with Gasteiger partial charge in [0.1, 0.15) is 6.04 Å². The molecular formula is C18H19BrN2O2S. The van der Waals surface area contributed by atoms with Crippen LogP contribution in [0.4, 0.5) is 0 Å². The number of thiophene rings is 1. The van der Waals surface area contributed by atoms with Crippen molar-refractivity contribution in [1.29, 1.82) is 0 Å². The fourth-order valence-corrected chi connectivity index (χ4v) is 3.95. The predicted molar refractivity (Wildman–Crippen MR) is 99.0 cm³/mol. The fourth-order valence-electron chi connectivity index (χ4n) is 3.00. The van der Waals surface area contributed by atoms with Crippen LogP contribution in [-0.2, 0) is 11.3 Å². The van der Waals surface area contributed by atoms with E-state index in [1.165, 1.54) is 11.3 Å². The first-order chi connectivity index (χ1) is 11.6. The van der Waals surface area contributed by atoms with Crippen LogP contribution in [0.1, 0.15) is 28.1 Å². The van der Waals surface area contributed by atoms with E-state index < -0.39 is 0 Å². The van der Waals surface area contributed by atoms with Gasteiger partial charge in [0.25, 0.3) is 5.91 Å². The summed E-state index contributed by atoms with van der Waals surface area (Å²) in [5, 5.41) is 1.89. The summed E-state index contributed by atoms with van der Waals surface area (Å²) in [6.45, 7) is 1.20. The topological polar surface area (TPSA) is 40.6 Å². The van der Waals surface area contributed by atoms with Crippen LogP contribution in [-0.4, -0.2) is 41.2 Å². The maximum atomic E-state index is 12.8. The van der Waals surface area contributed by atoms with E-state index in [9.17, 15) is 9.59 Å². The van der Waals surface area contributed by atoms with Crippen LogP contribution >= 0.6 is 27.3 Å². The number of benzene rings is 1. The molecule has 4 nitrogen and oxygen atoms in total. The summed E-state index contributed by atoms with van der Waals surface area (Å²) in [4.78, 5) is 29.6. The first-order valence-corrected chi connectivity index (χ1v) is 9.57. The lowest BCUT2D eigenvalue weighted by Crippen LogP contribution is -2.46. The third kappa shape index (κ3) is 3.70. The standard InChI is InChI=1S/C18H19BrN2O2S/c1-20(12-13-6-8-14(19)9-7-13)17(22)15-4-2-10-21(15)18(23)16-5-3-11-24-16/h3,5-9,11,15H,2,4,10,12H2,1H3. The Kier molecular flexibility index (Phi) is 5.36. The molecule has 2 aromatic rings. The number of likely N-dealkylation sites (N-methyl/N-ethyl adjacent to an activating group) is 1. The number of rotatable bonds is 4. The van der Waals surface area contributed by atoms with Crippen molar-refractivity contribution in [1.82, 2.24) is 9.80 Å². The van der Waals surface area contributed by atoms with Crippen LogP contribution in [0.3, 0.4) is 0 Å². The molecule has 0 spiro atoms. The summed E-state index contributed by atoms with van der Waals surface area (Å²) in [7, 11) is 1.80. The van der Waals surface area contributed by atoms with Gasteiger partial charge in [-0.3, -0.25) is 9.59 Å². The second-order valence-electron chi connectivity index (χ2n) is 5.95. The first-order valence-electron chi connectivity index (χ1n) is 7.90. The van der Waals surface area contributed by atoms with Gasteiger partial charge in [0.15, 0.2) is 0 Å². The van der Waals surface area contributed by atoms with Crippen molar-refractivity contribution in [2.75, 3.05) is 13.6 Å². The Bertz CT molecular complexity index is 715. The van der Waals surface area contributed by atoms with Gasteiger partial charge in [-0.1, -0.05) is 34.1 Å². The van der Waals surface area contributed by atoms with Gasteiger partial charge >= 0.3 is 0 Å². The second-order valence-corrected chi connectivity index (χ2v) is 7.82. The molecule has 0 bridgehead atoms. The number of hydrogen-bond acceptors (Lipinski definition) is 3. The minimum atomic E-state index is -0.347. The van der Waals surface area contributed by atoms with E-state index in [2.05, 4.69) is 15.9 Å². The normalized spacial score (nSPS) is 17.1. The average Bonchev–Trinajstić information content (AvgIpc) is 3.27. The maximum Gasteiger partial charge on any atom is 0.264 e. The highest BCUT2D eigenvalue weighted by Crippen LogP contribution is 2.24. The van der Waals surface area contributed by atoms with E-state index in [0.717, 1.165) is 22.9 Å². The van der Waals surface area contributed by atoms with Gasteiger partial charge in [-0.2, -0.15) is 0 Å². The fraction of sp³-hybridized carbons (Fsp3) is 0.333. The maximum absolute atomic E-state index is 12.8. The van der Waals surface area contributed by atoms with E-state index in [4.69, 9.17) is 0 Å². The van der Waals surface area contributed by atoms with Gasteiger partial charge in [-0.15, -0.1) is 11.3 Å². The molecule has 0 radical (unpaired) electrons. The Morgan fingerprint density at radius 2 is 2.04 bits per heavy atom. The third-order valence-corrected chi connectivity index (χ3v) is 5.63. The summed E-state index contributed by atoms with van der Waals surface area (Å²) in [5.74, 6) is -0.0155. The summed E-state index contributed by atoms with van der Waals surface area (Å²) >= 11 is 4.84. The highest BCUT2D eigenvalue weighted by molar-refractivity contribution is 9.10. The SMILES string of the molecule is CN(Cc1ccc(Br)cc1)C(=O)C1CCCN1C(=O)c1cccs1. The molecule has 1 aliphatic rings. The van der Waals surface area contributed by atoms with Gasteiger partial charge in [-0.25, -0.2) is 0 Å². The zero-order chi connectivity index (χ0) is 17.1. The molecule has 0 saturated carbocycles. The van der Waals surface area contributed by atoms with Crippen LogP contribution in [0.25, 0.3) is 0 Å². The number of hydrogen-bond donors (Lipinski definition) is 0. The molecule has 1 aromatic carbocycles. The van der Waals surface area contributed by atoms with Gasteiger partial charge in [0, 0.05) is 24.6 Å². The quantitative estimate of drug-likeness (QED) is 0.774. The molecule has 3 rings (SSSR count). The molecule has 1 fully saturated rings. The number of nitrogens with zero attached hydrogens (tertiary/aromatic N) is 2. The molecule has 0 aliphatic carbocycles. The Morgan fingerprint density at radius 1 is 1.29 bits per heavy atom. The highest BCUT2D eigenvalue weighted by atomic mass is 79.9. The minimum absolute atomic E-state index is 0.0142. The number of halogens is 1. The van der Waals surface area contributed by atoms with Crippen LogP contribution in [0.15, 0.2) is 46.3 Å². The second kappa shape index (κ2) is 7.49. The van der Waals surface area contributed by atoms with Crippen molar-refractivity contribution in [3.8, 4) is 0 Å². The summed E-state index contributed by atoms with van der Waals surface area (Å²) in [6, 6.07) is 11.3. The van der Waals surface area contributed by atoms with E-state index in [1.54, 1.807) is 16.8 Å². The van der Waals surface area contributed by atoms with E-state index in [-0.39, 0.29) is 17.9 Å². The van der Waals surface area contributed by atoms with Gasteiger partial charge in [0.2, 0.25) is 5.91 Å². The smallest absolute Gasteiger partial charge is 0.264 e. The van der Waals surface area contributed by atoms with Crippen LogP contribution < -0.4 is 0 Å². The number of carbonyl (C=O) groups excluding carboxylic acids is 2. The monoisotopic (exact) mass is 406 g/mol. The van der Waals surface area contributed by atoms with E-state index in [1.807, 2.05) is 41.8 Å². The lowest BCUT2D eigenvalue weighted by Gasteiger charge is -2.28. The number of carbonyl (C=O) groups is 2. The molecule has 2 heterocycles. The molecule has 1 atom stereocenters. The lowest BCUT2D eigenvalue weighted by atomic mass is 10.1. The molecule has 1 saturated heterocycles. The number of likely N-dealkylation sites (tertiary alicyclic amines) is 1. The molecule has 1 aliphatic heterocycles. The first kappa shape index (κ1) is 17.2. The van der Waals surface area contributed by atoms with Crippen LogP contribution in [0, 0.1) is 0 Å². The van der Waals surface area contributed by atoms with Gasteiger partial charge in [0.05, 0.1) is 4.88 Å². The van der Waals surface area contributed by atoms with Gasteiger partial charge in [-0.05, 0) is 42.0 Å². The van der Waals surface area contributed by atoms with Crippen molar-refractivity contribution in [2.24, 2.45) is 0 Å². The molecular weight excluding hydrogens is 388 g/mol. The van der Waals surface area contributed by atoms with Gasteiger partial charge < -0.3 is 9.80 Å². The molecule has 1 unspecified atom stereocenters. The Hall–Kier alpha value is -1.66. The zero-order valence-electron chi connectivity index (χ0n) is 13.4. The predicted octanol–water partition coefficient (Wildman–Crippen LogP) is 3.77. The molecule has 1 aromatic heterocycles. The van der Waals surface area contributed by atoms with Crippen molar-refractivity contribution < 1.29 is 9.59 Å². The molecule has 24 heavy (non-hydrogen) atoms.